The number of amides is 2. The quantitative estimate of drug-likeness (QED) is 0.357. The standard InChI is InChI=1S/C28H21BrN2O4/c1-35-20-12-6-17(7-13-20)26(32)25-23-22(24-21-5-3-2-4-16(21)14-15-30(24)25)27(33)31(28(23)34)19-10-8-18(29)9-11-19/h2-15,22-25H,1H3. The Kier molecular flexibility index (Phi) is 5.11. The maximum Gasteiger partial charge on any atom is 0.240 e. The highest BCUT2D eigenvalue weighted by Gasteiger charge is 2.64. The van der Waals surface area contributed by atoms with E-state index in [4.69, 9.17) is 4.74 Å². The van der Waals surface area contributed by atoms with Crippen LogP contribution in [0.15, 0.2) is 83.5 Å². The molecule has 0 bridgehead atoms. The molecule has 0 saturated carbocycles. The van der Waals surface area contributed by atoms with E-state index < -0.39 is 23.9 Å². The molecule has 2 fully saturated rings. The first kappa shape index (κ1) is 21.8. The van der Waals surface area contributed by atoms with Crippen LogP contribution in [-0.2, 0) is 9.59 Å². The van der Waals surface area contributed by atoms with Crippen LogP contribution >= 0.6 is 15.9 Å². The average Bonchev–Trinajstić information content (AvgIpc) is 3.37. The van der Waals surface area contributed by atoms with Crippen LogP contribution in [-0.4, -0.2) is 35.6 Å². The van der Waals surface area contributed by atoms with Crippen LogP contribution < -0.4 is 9.64 Å². The first-order valence-corrected chi connectivity index (χ1v) is 12.1. The number of hydrogen-bond acceptors (Lipinski definition) is 5. The lowest BCUT2D eigenvalue weighted by atomic mass is 9.83. The Bertz CT molecular complexity index is 1380. The van der Waals surface area contributed by atoms with Crippen LogP contribution in [0.3, 0.4) is 0 Å². The van der Waals surface area contributed by atoms with Gasteiger partial charge < -0.3 is 9.64 Å². The zero-order valence-electron chi connectivity index (χ0n) is 18.8. The van der Waals surface area contributed by atoms with E-state index in [1.165, 1.54) is 4.90 Å². The predicted molar refractivity (Wildman–Crippen MR) is 135 cm³/mol. The first-order valence-electron chi connectivity index (χ1n) is 11.4. The van der Waals surface area contributed by atoms with Crippen molar-refractivity contribution in [2.24, 2.45) is 11.8 Å². The molecule has 174 valence electrons. The Morgan fingerprint density at radius 2 is 1.57 bits per heavy atom. The van der Waals surface area contributed by atoms with Gasteiger partial charge >= 0.3 is 0 Å². The minimum absolute atomic E-state index is 0.187. The van der Waals surface area contributed by atoms with E-state index in [0.717, 1.165) is 15.6 Å². The molecule has 2 amide bonds. The first-order chi connectivity index (χ1) is 17.0. The number of carbonyl (C=O) groups is 3. The van der Waals surface area contributed by atoms with Crippen LogP contribution in [0.25, 0.3) is 6.08 Å². The van der Waals surface area contributed by atoms with E-state index in [1.807, 2.05) is 41.4 Å². The van der Waals surface area contributed by atoms with Crippen LogP contribution in [0.5, 0.6) is 5.75 Å². The Morgan fingerprint density at radius 1 is 0.886 bits per heavy atom. The van der Waals surface area contributed by atoms with Crippen LogP contribution in [0.2, 0.25) is 0 Å². The van der Waals surface area contributed by atoms with Gasteiger partial charge in [0.2, 0.25) is 11.8 Å². The van der Waals surface area contributed by atoms with Crippen molar-refractivity contribution in [2.45, 2.75) is 12.1 Å². The molecule has 0 aromatic heterocycles. The molecule has 6 rings (SSSR count). The molecule has 3 aliphatic heterocycles. The summed E-state index contributed by atoms with van der Waals surface area (Å²) >= 11 is 3.40. The number of rotatable bonds is 4. The van der Waals surface area contributed by atoms with Crippen LogP contribution in [0.4, 0.5) is 5.69 Å². The fraction of sp³-hybridized carbons (Fsp3) is 0.179. The van der Waals surface area contributed by atoms with Gasteiger partial charge in [0.1, 0.15) is 11.8 Å². The smallest absolute Gasteiger partial charge is 0.240 e. The molecule has 6 nitrogen and oxygen atoms in total. The van der Waals surface area contributed by atoms with E-state index >= 15 is 0 Å². The summed E-state index contributed by atoms with van der Waals surface area (Å²) in [5, 5.41) is 0. The molecule has 7 heteroatoms. The molecule has 35 heavy (non-hydrogen) atoms. The zero-order chi connectivity index (χ0) is 24.3. The fourth-order valence-corrected chi connectivity index (χ4v) is 5.89. The summed E-state index contributed by atoms with van der Waals surface area (Å²) < 4.78 is 6.08. The molecule has 0 N–H and O–H groups in total. The summed E-state index contributed by atoms with van der Waals surface area (Å²) in [4.78, 5) is 44.8. The molecular weight excluding hydrogens is 508 g/mol. The summed E-state index contributed by atoms with van der Waals surface area (Å²) in [6, 6.07) is 20.6. The molecular formula is C28H21BrN2O4. The second-order valence-corrected chi connectivity index (χ2v) is 9.83. The van der Waals surface area contributed by atoms with Gasteiger partial charge in [0, 0.05) is 16.2 Å². The highest BCUT2D eigenvalue weighted by Crippen LogP contribution is 2.53. The van der Waals surface area contributed by atoms with Gasteiger partial charge in [-0.15, -0.1) is 0 Å². The number of halogens is 1. The van der Waals surface area contributed by atoms with E-state index in [2.05, 4.69) is 15.9 Å². The second kappa shape index (κ2) is 8.20. The van der Waals surface area contributed by atoms with Crippen molar-refractivity contribution in [1.29, 1.82) is 0 Å². The van der Waals surface area contributed by atoms with Crippen molar-refractivity contribution in [3.05, 3.63) is 100 Å². The molecule has 4 unspecified atom stereocenters. The fourth-order valence-electron chi connectivity index (χ4n) is 5.63. The topological polar surface area (TPSA) is 66.9 Å². The lowest BCUT2D eigenvalue weighted by Gasteiger charge is -2.35. The third-order valence-corrected chi connectivity index (χ3v) is 7.72. The number of benzene rings is 3. The van der Waals surface area contributed by atoms with Gasteiger partial charge in [0.05, 0.1) is 30.7 Å². The minimum atomic E-state index is -0.792. The molecule has 3 aromatic carbocycles. The normalized spacial score (nSPS) is 24.3. The molecule has 3 aliphatic rings. The Morgan fingerprint density at radius 3 is 2.29 bits per heavy atom. The number of nitrogens with zero attached hydrogens (tertiary/aromatic N) is 2. The molecule has 0 spiro atoms. The summed E-state index contributed by atoms with van der Waals surface area (Å²) in [6.45, 7) is 0. The van der Waals surface area contributed by atoms with Gasteiger partial charge in [-0.1, -0.05) is 40.2 Å². The SMILES string of the molecule is COc1ccc(C(=O)C2C3C(=O)N(c4ccc(Br)cc4)C(=O)C3C3c4ccccc4C=CN23)cc1. The van der Waals surface area contributed by atoms with Crippen molar-refractivity contribution in [1.82, 2.24) is 4.90 Å². The monoisotopic (exact) mass is 528 g/mol. The van der Waals surface area contributed by atoms with Crippen molar-refractivity contribution in [3.8, 4) is 5.75 Å². The Hall–Kier alpha value is -3.71. The number of ether oxygens (including phenoxy) is 1. The Labute approximate surface area is 210 Å². The molecule has 4 atom stereocenters. The van der Waals surface area contributed by atoms with Gasteiger partial charge in [-0.3, -0.25) is 14.4 Å². The van der Waals surface area contributed by atoms with E-state index in [0.29, 0.717) is 17.0 Å². The van der Waals surface area contributed by atoms with Gasteiger partial charge in [-0.25, -0.2) is 4.90 Å². The molecule has 0 aliphatic carbocycles. The lowest BCUT2D eigenvalue weighted by molar-refractivity contribution is -0.123. The Balaban J connectivity index is 1.47. The van der Waals surface area contributed by atoms with Crippen LogP contribution in [0, 0.1) is 11.8 Å². The maximum atomic E-state index is 13.9. The van der Waals surface area contributed by atoms with Crippen molar-refractivity contribution in [2.75, 3.05) is 12.0 Å². The number of ketones is 1. The molecule has 2 saturated heterocycles. The largest absolute Gasteiger partial charge is 0.497 e. The minimum Gasteiger partial charge on any atom is -0.497 e. The average molecular weight is 529 g/mol. The van der Waals surface area contributed by atoms with E-state index in [1.54, 1.807) is 55.6 Å². The van der Waals surface area contributed by atoms with Crippen molar-refractivity contribution < 1.29 is 19.1 Å². The summed E-state index contributed by atoms with van der Waals surface area (Å²) in [5.74, 6) is -1.61. The van der Waals surface area contributed by atoms with E-state index in [9.17, 15) is 14.4 Å². The predicted octanol–water partition coefficient (Wildman–Crippen LogP) is 4.86. The number of hydrogen-bond donors (Lipinski definition) is 0. The van der Waals surface area contributed by atoms with Crippen molar-refractivity contribution >= 4 is 45.3 Å². The second-order valence-electron chi connectivity index (χ2n) is 8.91. The number of anilines is 1. The van der Waals surface area contributed by atoms with Gasteiger partial charge in [0.25, 0.3) is 0 Å². The number of imide groups is 1. The summed E-state index contributed by atoms with van der Waals surface area (Å²) in [5.41, 5.74) is 2.94. The van der Waals surface area contributed by atoms with Gasteiger partial charge in [-0.05, 0) is 65.7 Å². The molecule has 3 aromatic rings. The van der Waals surface area contributed by atoms with E-state index in [-0.39, 0.29) is 17.6 Å². The number of carbonyl (C=O) groups excluding carboxylic acids is 3. The van der Waals surface area contributed by atoms with Gasteiger partial charge in [-0.2, -0.15) is 0 Å². The molecule has 0 radical (unpaired) electrons. The lowest BCUT2D eigenvalue weighted by Crippen LogP contribution is -2.44. The molecule has 3 heterocycles. The maximum absolute atomic E-state index is 13.9. The highest BCUT2D eigenvalue weighted by atomic mass is 79.9. The summed E-state index contributed by atoms with van der Waals surface area (Å²) in [6.07, 6.45) is 3.81. The zero-order valence-corrected chi connectivity index (χ0v) is 20.4. The summed E-state index contributed by atoms with van der Waals surface area (Å²) in [7, 11) is 1.57. The number of Topliss-reactive ketones (excluding diaryl/α,β-unsaturated/α-hetero) is 1. The number of methoxy groups -OCH3 is 1. The highest BCUT2D eigenvalue weighted by molar-refractivity contribution is 9.10. The third-order valence-electron chi connectivity index (χ3n) is 7.19. The van der Waals surface area contributed by atoms with Crippen molar-refractivity contribution in [3.63, 3.8) is 0 Å². The van der Waals surface area contributed by atoms with Crippen LogP contribution in [0.1, 0.15) is 27.5 Å². The van der Waals surface area contributed by atoms with Gasteiger partial charge in [0.15, 0.2) is 5.78 Å². The number of fused-ring (bicyclic) bond motifs is 5. The third kappa shape index (κ3) is 3.26.